The molecule has 1 rings (SSSR count). The van der Waals surface area contributed by atoms with Crippen LogP contribution in [0.25, 0.3) is 0 Å². The third-order valence-electron chi connectivity index (χ3n) is 3.43. The number of rotatable bonds is 9. The van der Waals surface area contributed by atoms with Crippen molar-refractivity contribution >= 4 is 0 Å². The number of nitrogens with one attached hydrogen (secondary N) is 1. The molecule has 1 N–H and O–H groups in total. The third kappa shape index (κ3) is 4.97. The highest BCUT2D eigenvalue weighted by Gasteiger charge is 2.15. The predicted octanol–water partition coefficient (Wildman–Crippen LogP) is 2.55. The first-order valence-electron chi connectivity index (χ1n) is 7.14. The minimum atomic E-state index is 0.401. The number of furan rings is 1. The summed E-state index contributed by atoms with van der Waals surface area (Å²) in [6.45, 7) is 12.9. The van der Waals surface area contributed by atoms with E-state index >= 15 is 0 Å². The van der Waals surface area contributed by atoms with Gasteiger partial charge in [0.15, 0.2) is 0 Å². The van der Waals surface area contributed by atoms with Gasteiger partial charge < -0.3 is 14.5 Å². The minimum Gasteiger partial charge on any atom is -0.465 e. The van der Waals surface area contributed by atoms with Gasteiger partial charge in [-0.3, -0.25) is 4.90 Å². The van der Waals surface area contributed by atoms with Crippen LogP contribution in [-0.2, 0) is 17.8 Å². The zero-order valence-corrected chi connectivity index (χ0v) is 13.0. The summed E-state index contributed by atoms with van der Waals surface area (Å²) in [6, 6.07) is 2.57. The summed E-state index contributed by atoms with van der Waals surface area (Å²) in [5.41, 5.74) is 1.26. The van der Waals surface area contributed by atoms with Gasteiger partial charge in [0, 0.05) is 25.3 Å². The normalized spacial score (nSPS) is 13.2. The lowest BCUT2D eigenvalue weighted by molar-refractivity contribution is 0.0934. The maximum absolute atomic E-state index is 5.85. The summed E-state index contributed by atoms with van der Waals surface area (Å²) in [7, 11) is 1.75. The fourth-order valence-corrected chi connectivity index (χ4v) is 2.23. The molecule has 0 aliphatic carbocycles. The van der Waals surface area contributed by atoms with E-state index in [4.69, 9.17) is 9.15 Å². The van der Waals surface area contributed by atoms with Crippen molar-refractivity contribution in [1.29, 1.82) is 0 Å². The Balaban J connectivity index is 2.64. The Morgan fingerprint density at radius 2 is 2.16 bits per heavy atom. The summed E-state index contributed by atoms with van der Waals surface area (Å²) in [5.74, 6) is 2.06. The standard InChI is InChI=1S/C15H28N2O2/c1-6-16-9-14-8-15(19-13(14)4)10-17(7-2)12(3)11-18-5/h8,12,16H,6-7,9-11H2,1-5H3. The van der Waals surface area contributed by atoms with Gasteiger partial charge in [-0.05, 0) is 33.0 Å². The Hall–Kier alpha value is -0.840. The third-order valence-corrected chi connectivity index (χ3v) is 3.43. The van der Waals surface area contributed by atoms with E-state index in [1.54, 1.807) is 7.11 Å². The monoisotopic (exact) mass is 268 g/mol. The lowest BCUT2D eigenvalue weighted by Crippen LogP contribution is -2.35. The summed E-state index contributed by atoms with van der Waals surface area (Å²) in [5, 5.41) is 3.34. The molecule has 0 radical (unpaired) electrons. The highest BCUT2D eigenvalue weighted by Crippen LogP contribution is 2.17. The lowest BCUT2D eigenvalue weighted by Gasteiger charge is -2.26. The highest BCUT2D eigenvalue weighted by molar-refractivity contribution is 5.20. The van der Waals surface area contributed by atoms with Gasteiger partial charge in [0.05, 0.1) is 13.2 Å². The van der Waals surface area contributed by atoms with Crippen LogP contribution in [0.15, 0.2) is 10.5 Å². The Morgan fingerprint density at radius 1 is 1.42 bits per heavy atom. The zero-order chi connectivity index (χ0) is 14.3. The zero-order valence-electron chi connectivity index (χ0n) is 13.0. The molecule has 0 fully saturated rings. The average Bonchev–Trinajstić information content (AvgIpc) is 2.74. The molecule has 0 spiro atoms. The van der Waals surface area contributed by atoms with Gasteiger partial charge in [0.1, 0.15) is 11.5 Å². The molecular weight excluding hydrogens is 240 g/mol. The number of ether oxygens (including phenoxy) is 1. The first kappa shape index (κ1) is 16.2. The van der Waals surface area contributed by atoms with E-state index in [2.05, 4.69) is 37.1 Å². The molecule has 110 valence electrons. The van der Waals surface area contributed by atoms with E-state index in [1.807, 2.05) is 6.92 Å². The number of methoxy groups -OCH3 is 1. The molecule has 0 aromatic carbocycles. The van der Waals surface area contributed by atoms with Crippen LogP contribution < -0.4 is 5.32 Å². The summed E-state index contributed by atoms with van der Waals surface area (Å²) >= 11 is 0. The molecule has 19 heavy (non-hydrogen) atoms. The molecule has 1 aromatic rings. The molecule has 1 aromatic heterocycles. The fraction of sp³-hybridized carbons (Fsp3) is 0.733. The Labute approximate surface area is 117 Å². The molecule has 0 saturated heterocycles. The summed E-state index contributed by atoms with van der Waals surface area (Å²) < 4.78 is 11.1. The van der Waals surface area contributed by atoms with Crippen molar-refractivity contribution in [3.05, 3.63) is 23.2 Å². The van der Waals surface area contributed by atoms with Crippen molar-refractivity contribution in [3.8, 4) is 0 Å². The van der Waals surface area contributed by atoms with Gasteiger partial charge in [0.25, 0.3) is 0 Å². The van der Waals surface area contributed by atoms with E-state index in [1.165, 1.54) is 5.56 Å². The van der Waals surface area contributed by atoms with Crippen LogP contribution >= 0.6 is 0 Å². The molecular formula is C15H28N2O2. The first-order valence-corrected chi connectivity index (χ1v) is 7.14. The van der Waals surface area contributed by atoms with Crippen molar-refractivity contribution in [2.45, 2.75) is 46.8 Å². The molecule has 0 aliphatic rings. The van der Waals surface area contributed by atoms with Gasteiger partial charge in [-0.1, -0.05) is 13.8 Å². The quantitative estimate of drug-likeness (QED) is 0.747. The van der Waals surface area contributed by atoms with Crippen molar-refractivity contribution in [2.24, 2.45) is 0 Å². The number of aryl methyl sites for hydroxylation is 1. The van der Waals surface area contributed by atoms with Gasteiger partial charge >= 0.3 is 0 Å². The lowest BCUT2D eigenvalue weighted by atomic mass is 10.2. The van der Waals surface area contributed by atoms with E-state index in [9.17, 15) is 0 Å². The molecule has 1 unspecified atom stereocenters. The number of nitrogens with zero attached hydrogens (tertiary/aromatic N) is 1. The molecule has 1 heterocycles. The molecule has 4 nitrogen and oxygen atoms in total. The maximum Gasteiger partial charge on any atom is 0.118 e. The predicted molar refractivity (Wildman–Crippen MR) is 78.2 cm³/mol. The maximum atomic E-state index is 5.85. The van der Waals surface area contributed by atoms with Crippen LogP contribution in [0.3, 0.4) is 0 Å². The number of hydrogen-bond donors (Lipinski definition) is 1. The van der Waals surface area contributed by atoms with Crippen LogP contribution in [0, 0.1) is 6.92 Å². The van der Waals surface area contributed by atoms with E-state index in [0.717, 1.165) is 44.3 Å². The van der Waals surface area contributed by atoms with Crippen molar-refractivity contribution in [2.75, 3.05) is 26.8 Å². The van der Waals surface area contributed by atoms with Crippen molar-refractivity contribution in [1.82, 2.24) is 10.2 Å². The summed E-state index contributed by atoms with van der Waals surface area (Å²) in [4.78, 5) is 2.36. The Morgan fingerprint density at radius 3 is 2.74 bits per heavy atom. The molecule has 1 atom stereocenters. The second-order valence-corrected chi connectivity index (χ2v) is 4.94. The van der Waals surface area contributed by atoms with Crippen molar-refractivity contribution in [3.63, 3.8) is 0 Å². The van der Waals surface area contributed by atoms with Crippen LogP contribution in [-0.4, -0.2) is 37.7 Å². The van der Waals surface area contributed by atoms with E-state index in [0.29, 0.717) is 6.04 Å². The van der Waals surface area contributed by atoms with Crippen LogP contribution in [0.4, 0.5) is 0 Å². The number of likely N-dealkylation sites (N-methyl/N-ethyl adjacent to an activating group) is 1. The van der Waals surface area contributed by atoms with Crippen molar-refractivity contribution < 1.29 is 9.15 Å². The van der Waals surface area contributed by atoms with Gasteiger partial charge in [0.2, 0.25) is 0 Å². The van der Waals surface area contributed by atoms with E-state index < -0.39 is 0 Å². The van der Waals surface area contributed by atoms with E-state index in [-0.39, 0.29) is 0 Å². The molecule has 0 bridgehead atoms. The topological polar surface area (TPSA) is 37.6 Å². The largest absolute Gasteiger partial charge is 0.465 e. The summed E-state index contributed by atoms with van der Waals surface area (Å²) in [6.07, 6.45) is 0. The van der Waals surface area contributed by atoms with Gasteiger partial charge in [-0.15, -0.1) is 0 Å². The Kier molecular flexibility index (Phi) is 7.13. The van der Waals surface area contributed by atoms with Crippen LogP contribution in [0.5, 0.6) is 0 Å². The molecule has 0 saturated carbocycles. The minimum absolute atomic E-state index is 0.401. The van der Waals surface area contributed by atoms with Crippen LogP contribution in [0.2, 0.25) is 0 Å². The highest BCUT2D eigenvalue weighted by atomic mass is 16.5. The second kappa shape index (κ2) is 8.35. The van der Waals surface area contributed by atoms with Crippen LogP contribution in [0.1, 0.15) is 37.9 Å². The SMILES string of the molecule is CCNCc1cc(CN(CC)C(C)COC)oc1C. The Bertz CT molecular complexity index is 363. The molecule has 4 heteroatoms. The second-order valence-electron chi connectivity index (χ2n) is 4.94. The van der Waals surface area contributed by atoms with Gasteiger partial charge in [-0.25, -0.2) is 0 Å². The number of hydrogen-bond acceptors (Lipinski definition) is 4. The average molecular weight is 268 g/mol. The smallest absolute Gasteiger partial charge is 0.118 e. The van der Waals surface area contributed by atoms with Gasteiger partial charge in [-0.2, -0.15) is 0 Å². The molecule has 0 amide bonds. The first-order chi connectivity index (χ1) is 9.12. The molecule has 0 aliphatic heterocycles. The fourth-order valence-electron chi connectivity index (χ4n) is 2.23.